The third kappa shape index (κ3) is 4.90. The van der Waals surface area contributed by atoms with Gasteiger partial charge in [-0.3, -0.25) is 4.68 Å². The Morgan fingerprint density at radius 3 is 2.49 bits per heavy atom. The zero-order valence-corrected chi connectivity index (χ0v) is 19.7. The second-order valence-electron chi connectivity index (χ2n) is 7.79. The van der Waals surface area contributed by atoms with E-state index < -0.39 is 0 Å². The molecule has 0 saturated carbocycles. The van der Waals surface area contributed by atoms with E-state index in [1.54, 1.807) is 42.3 Å². The highest BCUT2D eigenvalue weighted by Gasteiger charge is 2.18. The maximum Gasteiger partial charge on any atom is 0.216 e. The van der Waals surface area contributed by atoms with Crippen LogP contribution in [0.5, 0.6) is 11.5 Å². The highest BCUT2D eigenvalue weighted by atomic mass is 32.1. The van der Waals surface area contributed by atoms with Crippen molar-refractivity contribution in [1.29, 1.82) is 0 Å². The fourth-order valence-corrected chi connectivity index (χ4v) is 3.81. The van der Waals surface area contributed by atoms with E-state index in [2.05, 4.69) is 27.4 Å². The normalized spacial score (nSPS) is 11.2. The van der Waals surface area contributed by atoms with Crippen LogP contribution in [-0.2, 0) is 6.54 Å². The Labute approximate surface area is 206 Å². The van der Waals surface area contributed by atoms with Crippen LogP contribution in [0.1, 0.15) is 11.1 Å². The van der Waals surface area contributed by atoms with Crippen LogP contribution in [0.2, 0.25) is 0 Å². The Morgan fingerprint density at radius 2 is 1.77 bits per heavy atom. The summed E-state index contributed by atoms with van der Waals surface area (Å²) < 4.78 is 9.10. The average molecular weight is 483 g/mol. The standard InChI is InChI=1S/C26H22N6O2S/c1-34-22-13-9-20(10-14-22)23-15-24(31(30-23)17-19-5-3-2-4-6-19)25-28-29-26(35)32(25)27-16-18-7-11-21(33)12-8-18/h2-16,33H,17H2,1H3,(H,29,35)/b27-16+. The van der Waals surface area contributed by atoms with Gasteiger partial charge in [0, 0.05) is 5.56 Å². The van der Waals surface area contributed by atoms with Gasteiger partial charge in [-0.2, -0.15) is 20.0 Å². The summed E-state index contributed by atoms with van der Waals surface area (Å²) in [7, 11) is 1.64. The minimum Gasteiger partial charge on any atom is -0.508 e. The molecule has 2 aromatic heterocycles. The molecule has 174 valence electrons. The van der Waals surface area contributed by atoms with Gasteiger partial charge in [-0.25, -0.2) is 5.10 Å². The molecule has 0 aliphatic heterocycles. The molecule has 8 nitrogen and oxygen atoms in total. The summed E-state index contributed by atoms with van der Waals surface area (Å²) in [5, 5.41) is 26.3. The largest absolute Gasteiger partial charge is 0.508 e. The molecule has 5 rings (SSSR count). The summed E-state index contributed by atoms with van der Waals surface area (Å²) in [6.45, 7) is 0.549. The minimum atomic E-state index is 0.193. The van der Waals surface area contributed by atoms with Crippen LogP contribution in [0.3, 0.4) is 0 Å². The summed E-state index contributed by atoms with van der Waals surface area (Å²) in [5.74, 6) is 1.51. The quantitative estimate of drug-likeness (QED) is 0.248. The van der Waals surface area contributed by atoms with Gasteiger partial charge >= 0.3 is 0 Å². The number of phenols is 1. The van der Waals surface area contributed by atoms with E-state index in [-0.39, 0.29) is 5.75 Å². The summed E-state index contributed by atoms with van der Waals surface area (Å²) in [6, 6.07) is 26.6. The summed E-state index contributed by atoms with van der Waals surface area (Å²) in [4.78, 5) is 0. The number of phenolic OH excluding ortho intramolecular Hbond substituents is 1. The smallest absolute Gasteiger partial charge is 0.216 e. The third-order valence-electron chi connectivity index (χ3n) is 5.44. The summed E-state index contributed by atoms with van der Waals surface area (Å²) in [5.41, 5.74) is 4.42. The molecule has 0 saturated heterocycles. The summed E-state index contributed by atoms with van der Waals surface area (Å²) >= 11 is 5.46. The van der Waals surface area contributed by atoms with Crippen molar-refractivity contribution < 1.29 is 9.84 Å². The lowest BCUT2D eigenvalue weighted by molar-refractivity contribution is 0.415. The van der Waals surface area contributed by atoms with Gasteiger partial charge in [0.2, 0.25) is 10.6 Å². The molecule has 2 N–H and O–H groups in total. The molecule has 35 heavy (non-hydrogen) atoms. The number of benzene rings is 3. The van der Waals surface area contributed by atoms with E-state index in [4.69, 9.17) is 22.1 Å². The number of aromatic amines is 1. The Kier molecular flexibility index (Phi) is 6.23. The van der Waals surface area contributed by atoms with Gasteiger partial charge < -0.3 is 9.84 Å². The predicted molar refractivity (Wildman–Crippen MR) is 137 cm³/mol. The maximum atomic E-state index is 9.52. The number of aromatic nitrogens is 5. The number of hydrogen-bond donors (Lipinski definition) is 2. The number of nitrogens with one attached hydrogen (secondary N) is 1. The van der Waals surface area contributed by atoms with Gasteiger partial charge in [-0.1, -0.05) is 30.3 Å². The van der Waals surface area contributed by atoms with Crippen LogP contribution in [0.25, 0.3) is 22.8 Å². The highest BCUT2D eigenvalue weighted by molar-refractivity contribution is 7.71. The number of ether oxygens (including phenoxy) is 1. The monoisotopic (exact) mass is 482 g/mol. The molecule has 5 aromatic rings. The van der Waals surface area contributed by atoms with E-state index in [9.17, 15) is 5.11 Å². The summed E-state index contributed by atoms with van der Waals surface area (Å²) in [6.07, 6.45) is 1.66. The molecular formula is C26H22N6O2S. The first kappa shape index (κ1) is 22.3. The van der Waals surface area contributed by atoms with Crippen LogP contribution >= 0.6 is 12.2 Å². The third-order valence-corrected chi connectivity index (χ3v) is 5.70. The molecule has 0 aliphatic rings. The molecule has 0 unspecified atom stereocenters. The van der Waals surface area contributed by atoms with Crippen molar-refractivity contribution in [2.24, 2.45) is 5.10 Å². The molecule has 0 atom stereocenters. The molecule has 0 amide bonds. The van der Waals surface area contributed by atoms with Gasteiger partial charge in [-0.15, -0.1) is 0 Å². The molecule has 3 aromatic carbocycles. The lowest BCUT2D eigenvalue weighted by Crippen LogP contribution is -2.06. The fraction of sp³-hybridized carbons (Fsp3) is 0.0769. The van der Waals surface area contributed by atoms with E-state index in [0.29, 0.717) is 17.1 Å². The maximum absolute atomic E-state index is 9.52. The first-order chi connectivity index (χ1) is 17.1. The average Bonchev–Trinajstić information content (AvgIpc) is 3.47. The van der Waals surface area contributed by atoms with Crippen molar-refractivity contribution >= 4 is 18.4 Å². The lowest BCUT2D eigenvalue weighted by Gasteiger charge is -2.07. The predicted octanol–water partition coefficient (Wildman–Crippen LogP) is 5.12. The Balaban J connectivity index is 1.58. The fourth-order valence-electron chi connectivity index (χ4n) is 3.63. The molecule has 9 heteroatoms. The number of aromatic hydroxyl groups is 1. The van der Waals surface area contributed by atoms with Crippen LogP contribution in [-0.4, -0.2) is 43.1 Å². The topological polar surface area (TPSA) is 93.2 Å². The number of H-pyrrole nitrogens is 1. The van der Waals surface area contributed by atoms with Crippen molar-refractivity contribution in [3.05, 3.63) is 101 Å². The van der Waals surface area contributed by atoms with Gasteiger partial charge in [0.1, 0.15) is 17.2 Å². The Hall–Kier alpha value is -4.50. The van der Waals surface area contributed by atoms with Crippen LogP contribution < -0.4 is 4.74 Å². The first-order valence-electron chi connectivity index (χ1n) is 10.9. The zero-order chi connectivity index (χ0) is 24.2. The van der Waals surface area contributed by atoms with E-state index in [0.717, 1.165) is 33.8 Å². The highest BCUT2D eigenvalue weighted by Crippen LogP contribution is 2.27. The number of nitrogens with zero attached hydrogens (tertiary/aromatic N) is 5. The lowest BCUT2D eigenvalue weighted by atomic mass is 10.1. The molecular weight excluding hydrogens is 460 g/mol. The number of rotatable bonds is 7. The van der Waals surface area contributed by atoms with Crippen LogP contribution in [0, 0.1) is 4.77 Å². The second-order valence-corrected chi connectivity index (χ2v) is 8.17. The van der Waals surface area contributed by atoms with E-state index in [1.807, 2.05) is 53.2 Å². The van der Waals surface area contributed by atoms with E-state index in [1.165, 1.54) is 0 Å². The van der Waals surface area contributed by atoms with Crippen molar-refractivity contribution in [1.82, 2.24) is 24.7 Å². The SMILES string of the molecule is COc1ccc(-c2cc(-c3n[nH]c(=S)n3/N=C/c3ccc(O)cc3)n(Cc3ccccc3)n2)cc1. The Bertz CT molecular complexity index is 1520. The molecule has 0 radical (unpaired) electrons. The van der Waals surface area contributed by atoms with Gasteiger partial charge in [-0.05, 0) is 77.9 Å². The second kappa shape index (κ2) is 9.78. The van der Waals surface area contributed by atoms with Crippen molar-refractivity contribution in [3.8, 4) is 34.3 Å². The zero-order valence-electron chi connectivity index (χ0n) is 18.9. The first-order valence-corrected chi connectivity index (χ1v) is 11.3. The molecule has 0 spiro atoms. The number of methoxy groups -OCH3 is 1. The van der Waals surface area contributed by atoms with Gasteiger partial charge in [0.15, 0.2) is 0 Å². The van der Waals surface area contributed by atoms with Gasteiger partial charge in [0.25, 0.3) is 0 Å². The van der Waals surface area contributed by atoms with Crippen LogP contribution in [0.15, 0.2) is 90.0 Å². The van der Waals surface area contributed by atoms with Crippen molar-refractivity contribution in [2.45, 2.75) is 6.54 Å². The van der Waals surface area contributed by atoms with Gasteiger partial charge in [0.05, 0.1) is 25.6 Å². The van der Waals surface area contributed by atoms with Crippen molar-refractivity contribution in [2.75, 3.05) is 7.11 Å². The molecule has 2 heterocycles. The molecule has 0 fully saturated rings. The van der Waals surface area contributed by atoms with Crippen molar-refractivity contribution in [3.63, 3.8) is 0 Å². The number of hydrogen-bond acceptors (Lipinski definition) is 6. The molecule has 0 aliphatic carbocycles. The van der Waals surface area contributed by atoms with Crippen LogP contribution in [0.4, 0.5) is 0 Å². The van der Waals surface area contributed by atoms with E-state index >= 15 is 0 Å². The Morgan fingerprint density at radius 1 is 1.03 bits per heavy atom. The minimum absolute atomic E-state index is 0.193. The molecule has 0 bridgehead atoms.